The number of alkyl halides is 1. The van der Waals surface area contributed by atoms with E-state index in [4.69, 9.17) is 16.3 Å². The Hall–Kier alpha value is -2.08. The third-order valence-corrected chi connectivity index (χ3v) is 3.45. The number of hydrogen-bond donors (Lipinski definition) is 0. The van der Waals surface area contributed by atoms with Gasteiger partial charge in [-0.3, -0.25) is 14.8 Å². The van der Waals surface area contributed by atoms with E-state index in [1.807, 2.05) is 20.0 Å². The van der Waals surface area contributed by atoms with E-state index >= 15 is 0 Å². The van der Waals surface area contributed by atoms with E-state index in [9.17, 15) is 10.1 Å². The number of halogens is 1. The lowest BCUT2D eigenvalue weighted by atomic mass is 10.2. The largest absolute Gasteiger partial charge is 0.480 e. The zero-order valence-corrected chi connectivity index (χ0v) is 12.6. The minimum atomic E-state index is -0.464. The van der Waals surface area contributed by atoms with Crippen LogP contribution in [0.25, 0.3) is 0 Å². The van der Waals surface area contributed by atoms with Crippen molar-refractivity contribution in [1.82, 2.24) is 9.78 Å². The Labute approximate surface area is 127 Å². The monoisotopic (exact) mass is 309 g/mol. The molecule has 0 aliphatic rings. The summed E-state index contributed by atoms with van der Waals surface area (Å²) in [5, 5.41) is 15.3. The van der Waals surface area contributed by atoms with Crippen LogP contribution in [0.4, 0.5) is 5.69 Å². The lowest BCUT2D eigenvalue weighted by Gasteiger charge is -2.08. The molecule has 7 heteroatoms. The number of ether oxygens (including phenoxy) is 1. The molecule has 112 valence electrons. The Morgan fingerprint density at radius 3 is 2.76 bits per heavy atom. The SMILES string of the molecule is CCc1cc(COc2cc(CCl)ccc2[N+](=O)[O-])n(C)n1. The lowest BCUT2D eigenvalue weighted by molar-refractivity contribution is -0.386. The molecule has 0 saturated carbocycles. The van der Waals surface area contributed by atoms with Crippen LogP contribution in [-0.2, 0) is 26.0 Å². The van der Waals surface area contributed by atoms with E-state index in [2.05, 4.69) is 5.10 Å². The smallest absolute Gasteiger partial charge is 0.310 e. The predicted molar refractivity (Wildman–Crippen MR) is 79.6 cm³/mol. The molecule has 1 aromatic carbocycles. The van der Waals surface area contributed by atoms with Crippen LogP contribution in [0.3, 0.4) is 0 Å². The highest BCUT2D eigenvalue weighted by molar-refractivity contribution is 6.17. The zero-order valence-electron chi connectivity index (χ0n) is 11.9. The Morgan fingerprint density at radius 2 is 2.19 bits per heavy atom. The molecule has 0 atom stereocenters. The van der Waals surface area contributed by atoms with Gasteiger partial charge in [0, 0.05) is 19.0 Å². The molecule has 0 amide bonds. The number of nitrogens with zero attached hydrogens (tertiary/aromatic N) is 3. The Bertz CT molecular complexity index is 655. The predicted octanol–water partition coefficient (Wildman–Crippen LogP) is 3.21. The van der Waals surface area contributed by atoms with Crippen molar-refractivity contribution in [3.05, 3.63) is 51.3 Å². The fourth-order valence-corrected chi connectivity index (χ4v) is 2.11. The van der Waals surface area contributed by atoms with Crippen molar-refractivity contribution in [3.63, 3.8) is 0 Å². The quantitative estimate of drug-likeness (QED) is 0.467. The maximum atomic E-state index is 11.0. The van der Waals surface area contributed by atoms with Gasteiger partial charge in [-0.2, -0.15) is 5.10 Å². The van der Waals surface area contributed by atoms with Crippen molar-refractivity contribution in [2.75, 3.05) is 0 Å². The standard InChI is InChI=1S/C14H16ClN3O3/c1-3-11-7-12(17(2)16-11)9-21-14-6-10(8-15)4-5-13(14)18(19)20/h4-7H,3,8-9H2,1-2H3. The molecule has 1 heterocycles. The molecule has 0 saturated heterocycles. The van der Waals surface area contributed by atoms with Gasteiger partial charge >= 0.3 is 5.69 Å². The summed E-state index contributed by atoms with van der Waals surface area (Å²) in [6.07, 6.45) is 0.829. The van der Waals surface area contributed by atoms with Gasteiger partial charge in [0.25, 0.3) is 0 Å². The molecular formula is C14H16ClN3O3. The molecule has 0 aliphatic carbocycles. The van der Waals surface area contributed by atoms with Gasteiger partial charge in [-0.15, -0.1) is 11.6 Å². The molecule has 2 aromatic rings. The summed E-state index contributed by atoms with van der Waals surface area (Å²) in [6, 6.07) is 6.56. The van der Waals surface area contributed by atoms with E-state index in [0.717, 1.165) is 23.4 Å². The summed E-state index contributed by atoms with van der Waals surface area (Å²) >= 11 is 5.76. The van der Waals surface area contributed by atoms with Gasteiger partial charge in [0.15, 0.2) is 5.75 Å². The highest BCUT2D eigenvalue weighted by Crippen LogP contribution is 2.29. The minimum absolute atomic E-state index is 0.0678. The first-order valence-electron chi connectivity index (χ1n) is 6.53. The average molecular weight is 310 g/mol. The molecule has 2 rings (SSSR count). The first-order valence-corrected chi connectivity index (χ1v) is 7.06. The summed E-state index contributed by atoms with van der Waals surface area (Å²) in [5.41, 5.74) is 2.52. The molecule has 1 aromatic heterocycles. The molecular weight excluding hydrogens is 294 g/mol. The number of nitro groups is 1. The average Bonchev–Trinajstić information content (AvgIpc) is 2.85. The van der Waals surface area contributed by atoms with E-state index in [-0.39, 0.29) is 23.9 Å². The highest BCUT2D eigenvalue weighted by Gasteiger charge is 2.16. The van der Waals surface area contributed by atoms with Gasteiger partial charge in [-0.05, 0) is 24.1 Å². The Morgan fingerprint density at radius 1 is 1.43 bits per heavy atom. The lowest BCUT2D eigenvalue weighted by Crippen LogP contribution is -2.04. The first-order chi connectivity index (χ1) is 10.0. The van der Waals surface area contributed by atoms with Gasteiger partial charge in [0.1, 0.15) is 6.61 Å². The molecule has 0 aliphatic heterocycles. The van der Waals surface area contributed by atoms with Crippen molar-refractivity contribution < 1.29 is 9.66 Å². The summed E-state index contributed by atoms with van der Waals surface area (Å²) in [7, 11) is 1.82. The summed E-state index contributed by atoms with van der Waals surface area (Å²) in [5.74, 6) is 0.498. The fourth-order valence-electron chi connectivity index (χ4n) is 1.94. The minimum Gasteiger partial charge on any atom is -0.480 e. The fraction of sp³-hybridized carbons (Fsp3) is 0.357. The Kier molecular flexibility index (Phi) is 4.80. The number of aromatic nitrogens is 2. The molecule has 6 nitrogen and oxygen atoms in total. The highest BCUT2D eigenvalue weighted by atomic mass is 35.5. The number of rotatable bonds is 6. The molecule has 0 spiro atoms. The third kappa shape index (κ3) is 3.52. The van der Waals surface area contributed by atoms with Crippen LogP contribution >= 0.6 is 11.6 Å². The number of benzene rings is 1. The van der Waals surface area contributed by atoms with Gasteiger partial charge in [0.05, 0.1) is 16.3 Å². The van der Waals surface area contributed by atoms with Gasteiger partial charge in [-0.25, -0.2) is 0 Å². The molecule has 21 heavy (non-hydrogen) atoms. The van der Waals surface area contributed by atoms with Crippen LogP contribution in [-0.4, -0.2) is 14.7 Å². The maximum absolute atomic E-state index is 11.0. The van der Waals surface area contributed by atoms with E-state index in [1.54, 1.807) is 16.8 Å². The van der Waals surface area contributed by atoms with E-state index in [0.29, 0.717) is 0 Å². The van der Waals surface area contributed by atoms with Crippen molar-refractivity contribution in [1.29, 1.82) is 0 Å². The second-order valence-corrected chi connectivity index (χ2v) is 4.85. The third-order valence-electron chi connectivity index (χ3n) is 3.14. The van der Waals surface area contributed by atoms with E-state index < -0.39 is 4.92 Å². The van der Waals surface area contributed by atoms with Gasteiger partial charge in [-0.1, -0.05) is 13.0 Å². The van der Waals surface area contributed by atoms with Crippen LogP contribution < -0.4 is 4.74 Å². The topological polar surface area (TPSA) is 70.2 Å². The summed E-state index contributed by atoms with van der Waals surface area (Å²) in [4.78, 5) is 10.6. The second kappa shape index (κ2) is 6.58. The molecule has 0 fully saturated rings. The van der Waals surface area contributed by atoms with Crippen molar-refractivity contribution in [2.45, 2.75) is 25.8 Å². The molecule has 0 radical (unpaired) electrons. The molecule has 0 N–H and O–H groups in total. The van der Waals surface area contributed by atoms with Crippen LogP contribution in [0.2, 0.25) is 0 Å². The van der Waals surface area contributed by atoms with Gasteiger partial charge in [0.2, 0.25) is 0 Å². The van der Waals surface area contributed by atoms with Gasteiger partial charge < -0.3 is 4.74 Å². The van der Waals surface area contributed by atoms with Crippen LogP contribution in [0.1, 0.15) is 23.9 Å². The normalized spacial score (nSPS) is 10.6. The summed E-state index contributed by atoms with van der Waals surface area (Å²) < 4.78 is 7.32. The Balaban J connectivity index is 2.21. The zero-order chi connectivity index (χ0) is 15.4. The summed E-state index contributed by atoms with van der Waals surface area (Å²) in [6.45, 7) is 2.23. The van der Waals surface area contributed by atoms with Crippen LogP contribution in [0, 0.1) is 10.1 Å². The molecule has 0 bridgehead atoms. The van der Waals surface area contributed by atoms with Crippen molar-refractivity contribution in [3.8, 4) is 5.75 Å². The van der Waals surface area contributed by atoms with Crippen LogP contribution in [0.15, 0.2) is 24.3 Å². The van der Waals surface area contributed by atoms with Crippen molar-refractivity contribution in [2.24, 2.45) is 7.05 Å². The van der Waals surface area contributed by atoms with Crippen LogP contribution in [0.5, 0.6) is 5.75 Å². The maximum Gasteiger partial charge on any atom is 0.310 e. The van der Waals surface area contributed by atoms with Crippen molar-refractivity contribution >= 4 is 17.3 Å². The number of aryl methyl sites for hydroxylation is 2. The number of hydrogen-bond acceptors (Lipinski definition) is 4. The number of nitro benzene ring substituents is 1. The second-order valence-electron chi connectivity index (χ2n) is 4.59. The van der Waals surface area contributed by atoms with E-state index in [1.165, 1.54) is 6.07 Å². The molecule has 0 unspecified atom stereocenters. The first kappa shape index (κ1) is 15.3.